The van der Waals surface area contributed by atoms with Gasteiger partial charge < -0.3 is 0 Å². The van der Waals surface area contributed by atoms with E-state index in [1.807, 2.05) is 0 Å². The molecule has 0 aromatic carbocycles. The van der Waals surface area contributed by atoms with Gasteiger partial charge in [-0.3, -0.25) is 0 Å². The van der Waals surface area contributed by atoms with E-state index in [2.05, 4.69) is 13.8 Å². The molecule has 0 aromatic heterocycles. The smallest absolute Gasteiger partial charge is 0.111 e. The van der Waals surface area contributed by atoms with Gasteiger partial charge in [0.25, 0.3) is 0 Å². The van der Waals surface area contributed by atoms with Crippen molar-refractivity contribution >= 4 is 0 Å². The molecule has 2 fully saturated rings. The van der Waals surface area contributed by atoms with Gasteiger partial charge in [0.15, 0.2) is 0 Å². The van der Waals surface area contributed by atoms with E-state index in [9.17, 15) is 4.39 Å². The largest absolute Gasteiger partial charge is 0.244 e. The average molecular weight is 184 g/mol. The maximum absolute atomic E-state index is 14.2. The summed E-state index contributed by atoms with van der Waals surface area (Å²) in [5.74, 6) is 0.670. The summed E-state index contributed by atoms with van der Waals surface area (Å²) >= 11 is 0. The van der Waals surface area contributed by atoms with Crippen LogP contribution in [0.25, 0.3) is 0 Å². The standard InChI is InChI=1S/C12H21F/c1-10(2)11-5-3-7-12(13,9-11)8-4-6-11/h10H,3-9H2,1-2H3. The number of rotatable bonds is 1. The molecule has 0 unspecified atom stereocenters. The molecular formula is C12H21F. The Morgan fingerprint density at radius 3 is 1.92 bits per heavy atom. The zero-order valence-corrected chi connectivity index (χ0v) is 8.91. The Bertz CT molecular complexity index is 185. The van der Waals surface area contributed by atoms with Gasteiger partial charge in [0.05, 0.1) is 0 Å². The van der Waals surface area contributed by atoms with Crippen LogP contribution < -0.4 is 0 Å². The second-order valence-electron chi connectivity index (χ2n) is 5.55. The van der Waals surface area contributed by atoms with E-state index in [1.165, 1.54) is 12.8 Å². The topological polar surface area (TPSA) is 0 Å². The van der Waals surface area contributed by atoms with Gasteiger partial charge in [-0.05, 0) is 56.3 Å². The Kier molecular flexibility index (Phi) is 2.16. The van der Waals surface area contributed by atoms with Gasteiger partial charge in [-0.15, -0.1) is 0 Å². The maximum Gasteiger partial charge on any atom is 0.111 e. The Morgan fingerprint density at radius 2 is 1.54 bits per heavy atom. The lowest BCUT2D eigenvalue weighted by atomic mass is 9.56. The molecule has 76 valence electrons. The van der Waals surface area contributed by atoms with Gasteiger partial charge in [-0.2, -0.15) is 0 Å². The highest BCUT2D eigenvalue weighted by Crippen LogP contribution is 2.56. The van der Waals surface area contributed by atoms with Crippen LogP contribution in [0.15, 0.2) is 0 Å². The van der Waals surface area contributed by atoms with Gasteiger partial charge in [-0.1, -0.05) is 13.8 Å². The number of hydrogen-bond donors (Lipinski definition) is 0. The first-order valence-electron chi connectivity index (χ1n) is 5.75. The number of halogens is 1. The van der Waals surface area contributed by atoms with Crippen molar-refractivity contribution in [2.45, 2.75) is 64.5 Å². The van der Waals surface area contributed by atoms with Crippen LogP contribution in [0.3, 0.4) is 0 Å². The first-order valence-corrected chi connectivity index (χ1v) is 5.75. The summed E-state index contributed by atoms with van der Waals surface area (Å²) in [6.45, 7) is 4.55. The fraction of sp³-hybridized carbons (Fsp3) is 1.00. The summed E-state index contributed by atoms with van der Waals surface area (Å²) in [5.41, 5.74) is -0.411. The molecule has 0 spiro atoms. The van der Waals surface area contributed by atoms with Crippen molar-refractivity contribution < 1.29 is 4.39 Å². The Labute approximate surface area is 80.9 Å². The molecule has 1 heteroatoms. The van der Waals surface area contributed by atoms with Crippen LogP contribution in [-0.4, -0.2) is 5.67 Å². The van der Waals surface area contributed by atoms with E-state index >= 15 is 0 Å². The quantitative estimate of drug-likeness (QED) is 0.575. The van der Waals surface area contributed by atoms with Crippen molar-refractivity contribution in [3.05, 3.63) is 0 Å². The molecule has 0 aliphatic heterocycles. The van der Waals surface area contributed by atoms with Gasteiger partial charge in [0.1, 0.15) is 5.67 Å². The Hall–Kier alpha value is -0.0700. The lowest BCUT2D eigenvalue weighted by Gasteiger charge is -2.51. The highest BCUT2D eigenvalue weighted by Gasteiger charge is 2.49. The number of alkyl halides is 1. The minimum Gasteiger partial charge on any atom is -0.244 e. The predicted octanol–water partition coefficient (Wildman–Crippen LogP) is 4.10. The van der Waals surface area contributed by atoms with Crippen LogP contribution in [0.5, 0.6) is 0 Å². The molecule has 2 aliphatic carbocycles. The van der Waals surface area contributed by atoms with Crippen molar-refractivity contribution in [3.8, 4) is 0 Å². The van der Waals surface area contributed by atoms with Crippen molar-refractivity contribution in [3.63, 3.8) is 0 Å². The summed E-state index contributed by atoms with van der Waals surface area (Å²) in [5, 5.41) is 0. The first kappa shape index (κ1) is 9.48. The molecule has 0 N–H and O–H groups in total. The molecule has 0 aromatic rings. The minimum absolute atomic E-state index is 0.366. The zero-order valence-electron chi connectivity index (χ0n) is 8.91. The molecule has 0 amide bonds. The van der Waals surface area contributed by atoms with E-state index in [0.29, 0.717) is 11.3 Å². The van der Waals surface area contributed by atoms with Crippen molar-refractivity contribution in [1.82, 2.24) is 0 Å². The minimum atomic E-state index is -0.777. The molecule has 0 nitrogen and oxygen atoms in total. The molecule has 2 aliphatic rings. The van der Waals surface area contributed by atoms with Crippen LogP contribution in [0.4, 0.5) is 4.39 Å². The summed E-state index contributed by atoms with van der Waals surface area (Å²) in [6, 6.07) is 0. The molecule has 0 radical (unpaired) electrons. The number of hydrogen-bond acceptors (Lipinski definition) is 0. The molecule has 0 atom stereocenters. The lowest BCUT2D eigenvalue weighted by molar-refractivity contribution is -0.0512. The van der Waals surface area contributed by atoms with E-state index in [1.54, 1.807) is 0 Å². The van der Waals surface area contributed by atoms with E-state index in [0.717, 1.165) is 32.1 Å². The summed E-state index contributed by atoms with van der Waals surface area (Å²) in [6.07, 6.45) is 7.32. The molecule has 2 rings (SSSR count). The second kappa shape index (κ2) is 2.96. The summed E-state index contributed by atoms with van der Waals surface area (Å²) in [7, 11) is 0. The highest BCUT2D eigenvalue weighted by atomic mass is 19.1. The third kappa shape index (κ3) is 1.51. The molecule has 2 bridgehead atoms. The predicted molar refractivity (Wildman–Crippen MR) is 53.4 cm³/mol. The van der Waals surface area contributed by atoms with Crippen molar-refractivity contribution in [1.29, 1.82) is 0 Å². The third-order valence-electron chi connectivity index (χ3n) is 4.49. The molecule has 0 heterocycles. The van der Waals surface area contributed by atoms with Crippen LogP contribution in [0, 0.1) is 11.3 Å². The first-order chi connectivity index (χ1) is 6.06. The normalized spacial score (nSPS) is 45.2. The van der Waals surface area contributed by atoms with Gasteiger partial charge in [0, 0.05) is 0 Å². The fourth-order valence-electron chi connectivity index (χ4n) is 3.53. The van der Waals surface area contributed by atoms with Crippen molar-refractivity contribution in [2.24, 2.45) is 11.3 Å². The van der Waals surface area contributed by atoms with Crippen molar-refractivity contribution in [2.75, 3.05) is 0 Å². The second-order valence-corrected chi connectivity index (χ2v) is 5.55. The average Bonchev–Trinajstić information content (AvgIpc) is 2.02. The number of fused-ring (bicyclic) bond motifs is 2. The molecule has 13 heavy (non-hydrogen) atoms. The van der Waals surface area contributed by atoms with E-state index < -0.39 is 5.67 Å². The Balaban J connectivity index is 2.20. The Morgan fingerprint density at radius 1 is 1.00 bits per heavy atom. The van der Waals surface area contributed by atoms with E-state index in [-0.39, 0.29) is 0 Å². The zero-order chi connectivity index (χ0) is 9.53. The van der Waals surface area contributed by atoms with Gasteiger partial charge in [0.2, 0.25) is 0 Å². The van der Waals surface area contributed by atoms with Crippen LogP contribution in [0.1, 0.15) is 58.8 Å². The molecule has 2 saturated carbocycles. The van der Waals surface area contributed by atoms with Crippen LogP contribution in [0.2, 0.25) is 0 Å². The summed E-state index contributed by atoms with van der Waals surface area (Å²) in [4.78, 5) is 0. The summed E-state index contributed by atoms with van der Waals surface area (Å²) < 4.78 is 14.2. The maximum atomic E-state index is 14.2. The van der Waals surface area contributed by atoms with E-state index in [4.69, 9.17) is 0 Å². The molecule has 0 saturated heterocycles. The SMILES string of the molecule is CC(C)C12CCCC(F)(CCC1)C2. The van der Waals surface area contributed by atoms with Gasteiger partial charge in [-0.25, -0.2) is 4.39 Å². The molecular weight excluding hydrogens is 163 g/mol. The van der Waals surface area contributed by atoms with Crippen LogP contribution in [-0.2, 0) is 0 Å². The van der Waals surface area contributed by atoms with Gasteiger partial charge >= 0.3 is 0 Å². The monoisotopic (exact) mass is 184 g/mol. The van der Waals surface area contributed by atoms with Crippen LogP contribution >= 0.6 is 0 Å². The highest BCUT2D eigenvalue weighted by molar-refractivity contribution is 5.00. The fourth-order valence-corrected chi connectivity index (χ4v) is 3.53. The lowest BCUT2D eigenvalue weighted by Crippen LogP contribution is -2.45. The third-order valence-corrected chi connectivity index (χ3v) is 4.49.